The SMILES string of the molecule is CCN1CCN(Cc2ccc(NC(=O)c3ccc(-c4ccc5nc(NC(=O)C6CC6)sc5n4)cc3)cc2C(F)(F)F)CC1. The third kappa shape index (κ3) is 6.87. The Morgan fingerprint density at radius 1 is 0.930 bits per heavy atom. The first kappa shape index (κ1) is 29.2. The number of likely N-dealkylation sites (N-methyl/N-ethyl adjacent to an activating group) is 1. The fourth-order valence-corrected chi connectivity index (χ4v) is 5.98. The number of aromatic nitrogens is 2. The van der Waals surface area contributed by atoms with Gasteiger partial charge in [0.05, 0.1) is 11.3 Å². The number of thiazole rings is 1. The molecule has 6 rings (SSSR count). The number of halogens is 3. The molecule has 0 radical (unpaired) electrons. The predicted molar refractivity (Wildman–Crippen MR) is 161 cm³/mol. The Hall–Kier alpha value is -3.87. The van der Waals surface area contributed by atoms with E-state index in [4.69, 9.17) is 0 Å². The predicted octanol–water partition coefficient (Wildman–Crippen LogP) is 6.12. The van der Waals surface area contributed by atoms with Crippen LogP contribution in [0.2, 0.25) is 0 Å². The largest absolute Gasteiger partial charge is 0.416 e. The number of hydrogen-bond donors (Lipinski definition) is 2. The number of nitrogens with zero attached hydrogens (tertiary/aromatic N) is 4. The normalized spacial score (nSPS) is 16.4. The molecule has 1 saturated carbocycles. The number of fused-ring (bicyclic) bond motifs is 1. The summed E-state index contributed by atoms with van der Waals surface area (Å²) >= 11 is 1.30. The summed E-state index contributed by atoms with van der Waals surface area (Å²) in [6.07, 6.45) is -2.73. The van der Waals surface area contributed by atoms with Crippen LogP contribution < -0.4 is 10.6 Å². The van der Waals surface area contributed by atoms with Gasteiger partial charge in [-0.25, -0.2) is 9.97 Å². The summed E-state index contributed by atoms with van der Waals surface area (Å²) in [4.78, 5) is 39.1. The number of anilines is 2. The molecule has 2 aromatic heterocycles. The lowest BCUT2D eigenvalue weighted by molar-refractivity contribution is -0.138. The molecule has 0 spiro atoms. The minimum atomic E-state index is -4.54. The number of alkyl halides is 3. The van der Waals surface area contributed by atoms with Crippen LogP contribution in [0, 0.1) is 5.92 Å². The van der Waals surface area contributed by atoms with Crippen LogP contribution in [-0.4, -0.2) is 64.3 Å². The molecule has 2 amide bonds. The van der Waals surface area contributed by atoms with Crippen molar-refractivity contribution in [3.8, 4) is 11.3 Å². The lowest BCUT2D eigenvalue weighted by atomic mass is 10.0. The van der Waals surface area contributed by atoms with Gasteiger partial charge in [-0.3, -0.25) is 14.5 Å². The van der Waals surface area contributed by atoms with Crippen molar-refractivity contribution in [1.82, 2.24) is 19.8 Å². The third-order valence-corrected chi connectivity index (χ3v) is 8.74. The number of rotatable bonds is 8. The number of amides is 2. The molecule has 1 aliphatic carbocycles. The van der Waals surface area contributed by atoms with Gasteiger partial charge in [-0.05, 0) is 61.3 Å². The first-order chi connectivity index (χ1) is 20.7. The molecule has 2 N–H and O–H groups in total. The van der Waals surface area contributed by atoms with Crippen LogP contribution in [0.15, 0.2) is 54.6 Å². The second kappa shape index (κ2) is 12.0. The van der Waals surface area contributed by atoms with Gasteiger partial charge >= 0.3 is 6.18 Å². The summed E-state index contributed by atoms with van der Waals surface area (Å²) in [5, 5.41) is 5.97. The molecule has 4 aromatic rings. The number of carbonyl (C=O) groups excluding carboxylic acids is 2. The van der Waals surface area contributed by atoms with E-state index in [0.717, 1.165) is 44.1 Å². The van der Waals surface area contributed by atoms with E-state index in [9.17, 15) is 22.8 Å². The smallest absolute Gasteiger partial charge is 0.322 e. The molecule has 2 aliphatic rings. The molecule has 0 bridgehead atoms. The minimum Gasteiger partial charge on any atom is -0.322 e. The molecule has 2 aromatic carbocycles. The molecule has 1 saturated heterocycles. The second-order valence-electron chi connectivity index (χ2n) is 10.9. The molecule has 8 nitrogen and oxygen atoms in total. The minimum absolute atomic E-state index is 0.0141. The first-order valence-corrected chi connectivity index (χ1v) is 15.1. The molecule has 0 unspecified atom stereocenters. The van der Waals surface area contributed by atoms with Gasteiger partial charge in [-0.1, -0.05) is 36.5 Å². The van der Waals surface area contributed by atoms with Crippen LogP contribution in [0.4, 0.5) is 24.0 Å². The van der Waals surface area contributed by atoms with Gasteiger partial charge in [-0.2, -0.15) is 13.2 Å². The molecule has 3 heterocycles. The van der Waals surface area contributed by atoms with E-state index in [1.54, 1.807) is 24.3 Å². The summed E-state index contributed by atoms with van der Waals surface area (Å²) in [5.74, 6) is -0.445. The maximum absolute atomic E-state index is 14.0. The maximum atomic E-state index is 14.0. The molecule has 2 fully saturated rings. The third-order valence-electron chi connectivity index (χ3n) is 7.86. The number of piperazine rings is 1. The number of pyridine rings is 1. The van der Waals surface area contributed by atoms with Crippen molar-refractivity contribution < 1.29 is 22.8 Å². The highest BCUT2D eigenvalue weighted by Gasteiger charge is 2.34. The van der Waals surface area contributed by atoms with Crippen molar-refractivity contribution in [2.75, 3.05) is 43.4 Å². The van der Waals surface area contributed by atoms with E-state index in [2.05, 4.69) is 32.4 Å². The van der Waals surface area contributed by atoms with Crippen molar-refractivity contribution in [1.29, 1.82) is 0 Å². The number of nitrogens with one attached hydrogen (secondary N) is 2. The number of carbonyl (C=O) groups is 2. The second-order valence-corrected chi connectivity index (χ2v) is 11.9. The van der Waals surface area contributed by atoms with Crippen LogP contribution in [-0.2, 0) is 17.5 Å². The van der Waals surface area contributed by atoms with Gasteiger partial charge in [0.2, 0.25) is 5.91 Å². The lowest BCUT2D eigenvalue weighted by Crippen LogP contribution is -2.45. The van der Waals surface area contributed by atoms with Crippen molar-refractivity contribution in [2.45, 2.75) is 32.5 Å². The Kier molecular flexibility index (Phi) is 8.17. The highest BCUT2D eigenvalue weighted by atomic mass is 32.1. The van der Waals surface area contributed by atoms with Gasteiger partial charge < -0.3 is 15.5 Å². The molecule has 12 heteroatoms. The summed E-state index contributed by atoms with van der Waals surface area (Å²) in [5.41, 5.74) is 1.96. The summed E-state index contributed by atoms with van der Waals surface area (Å²) in [6.45, 7) is 6.32. The average molecular weight is 609 g/mol. The summed E-state index contributed by atoms with van der Waals surface area (Å²) in [7, 11) is 0. The highest BCUT2D eigenvalue weighted by Crippen LogP contribution is 2.35. The van der Waals surface area contributed by atoms with Gasteiger partial charge in [0, 0.05) is 55.5 Å². The topological polar surface area (TPSA) is 90.5 Å². The van der Waals surface area contributed by atoms with Crippen LogP contribution in [0.25, 0.3) is 21.6 Å². The molecular formula is C31H31F3N6O2S. The quantitative estimate of drug-likeness (QED) is 0.251. The zero-order valence-corrected chi connectivity index (χ0v) is 24.4. The number of benzene rings is 2. The van der Waals surface area contributed by atoms with Gasteiger partial charge in [0.1, 0.15) is 10.3 Å². The van der Waals surface area contributed by atoms with E-state index in [1.165, 1.54) is 23.5 Å². The fourth-order valence-electron chi connectivity index (χ4n) is 5.14. The fraction of sp³-hybridized carbons (Fsp3) is 0.355. The van der Waals surface area contributed by atoms with E-state index in [0.29, 0.717) is 39.8 Å². The van der Waals surface area contributed by atoms with Crippen molar-refractivity contribution in [2.24, 2.45) is 5.92 Å². The van der Waals surface area contributed by atoms with Gasteiger partial charge in [0.25, 0.3) is 5.91 Å². The standard InChI is InChI=1S/C31H31F3N6O2S/c1-2-39-13-15-40(16-14-39)18-22-9-10-23(17-24(22)31(32,33)34)35-27(41)20-5-3-19(4-6-20)25-11-12-26-29(36-25)43-30(37-26)38-28(42)21-7-8-21/h3-6,9-12,17,21H,2,7-8,13-16,18H2,1H3,(H,35,41)(H,37,38,42). The molecule has 43 heavy (non-hydrogen) atoms. The lowest BCUT2D eigenvalue weighted by Gasteiger charge is -2.34. The van der Waals surface area contributed by atoms with E-state index in [-0.39, 0.29) is 29.6 Å². The Morgan fingerprint density at radius 3 is 2.33 bits per heavy atom. The van der Waals surface area contributed by atoms with Gasteiger partial charge in [0.15, 0.2) is 5.13 Å². The van der Waals surface area contributed by atoms with Crippen LogP contribution >= 0.6 is 11.3 Å². The molecular weight excluding hydrogens is 577 g/mol. The Morgan fingerprint density at radius 2 is 1.65 bits per heavy atom. The zero-order valence-electron chi connectivity index (χ0n) is 23.6. The summed E-state index contributed by atoms with van der Waals surface area (Å²) < 4.78 is 42.0. The number of hydrogen-bond acceptors (Lipinski definition) is 7. The maximum Gasteiger partial charge on any atom is 0.416 e. The molecule has 0 atom stereocenters. The van der Waals surface area contributed by atoms with Crippen LogP contribution in [0.1, 0.15) is 41.3 Å². The van der Waals surface area contributed by atoms with Crippen molar-refractivity contribution in [3.05, 3.63) is 71.3 Å². The Labute approximate surface area is 250 Å². The molecule has 224 valence electrons. The van der Waals surface area contributed by atoms with Gasteiger partial charge in [-0.15, -0.1) is 0 Å². The monoisotopic (exact) mass is 608 g/mol. The first-order valence-electron chi connectivity index (χ1n) is 14.3. The molecule has 1 aliphatic heterocycles. The Bertz CT molecular complexity index is 1640. The van der Waals surface area contributed by atoms with E-state index >= 15 is 0 Å². The highest BCUT2D eigenvalue weighted by molar-refractivity contribution is 7.22. The van der Waals surface area contributed by atoms with Crippen LogP contribution in [0.3, 0.4) is 0 Å². The Balaban J connectivity index is 1.13. The van der Waals surface area contributed by atoms with E-state index < -0.39 is 17.6 Å². The van der Waals surface area contributed by atoms with Crippen molar-refractivity contribution >= 4 is 44.3 Å². The van der Waals surface area contributed by atoms with E-state index in [1.807, 2.05) is 17.0 Å². The zero-order chi connectivity index (χ0) is 30.1. The average Bonchev–Trinajstić information content (AvgIpc) is 3.78. The van der Waals surface area contributed by atoms with Crippen molar-refractivity contribution in [3.63, 3.8) is 0 Å². The summed E-state index contributed by atoms with van der Waals surface area (Å²) in [6, 6.07) is 14.3. The van der Waals surface area contributed by atoms with Crippen LogP contribution in [0.5, 0.6) is 0 Å².